The van der Waals surface area contributed by atoms with Gasteiger partial charge in [-0.3, -0.25) is 0 Å². The van der Waals surface area contributed by atoms with E-state index in [1.165, 1.54) is 5.56 Å². The van der Waals surface area contributed by atoms with E-state index in [-0.39, 0.29) is 0 Å². The predicted octanol–water partition coefficient (Wildman–Crippen LogP) is 3.59. The summed E-state index contributed by atoms with van der Waals surface area (Å²) in [5, 5.41) is 10.4. The van der Waals surface area contributed by atoms with Gasteiger partial charge < -0.3 is 9.84 Å². The first-order valence-corrected chi connectivity index (χ1v) is 6.48. The third-order valence-corrected chi connectivity index (χ3v) is 3.35. The minimum atomic E-state index is -0.479. The van der Waals surface area contributed by atoms with Crippen molar-refractivity contribution in [1.82, 2.24) is 0 Å². The highest BCUT2D eigenvalue weighted by molar-refractivity contribution is 5.37. The summed E-state index contributed by atoms with van der Waals surface area (Å²) >= 11 is 0. The molecule has 2 aromatic carbocycles. The zero-order valence-corrected chi connectivity index (χ0v) is 11.7. The molecule has 0 aliphatic rings. The smallest absolute Gasteiger partial charge is 0.119 e. The quantitative estimate of drug-likeness (QED) is 0.906. The minimum Gasteiger partial charge on any atom is -0.497 e. The van der Waals surface area contributed by atoms with Crippen molar-refractivity contribution in [3.63, 3.8) is 0 Å². The van der Waals surface area contributed by atoms with Crippen LogP contribution in [0.15, 0.2) is 42.5 Å². The van der Waals surface area contributed by atoms with Crippen molar-refractivity contribution in [1.29, 1.82) is 0 Å². The first-order chi connectivity index (χ1) is 9.10. The zero-order valence-electron chi connectivity index (χ0n) is 11.7. The highest BCUT2D eigenvalue weighted by atomic mass is 16.5. The second kappa shape index (κ2) is 5.89. The molecular weight excluding hydrogens is 236 g/mol. The van der Waals surface area contributed by atoms with Crippen LogP contribution in [-0.4, -0.2) is 12.2 Å². The molecule has 0 amide bonds. The van der Waals surface area contributed by atoms with Gasteiger partial charge >= 0.3 is 0 Å². The molecule has 2 nitrogen and oxygen atoms in total. The number of aliphatic hydroxyl groups excluding tert-OH is 1. The third-order valence-electron chi connectivity index (χ3n) is 3.35. The Balaban J connectivity index is 2.18. The largest absolute Gasteiger partial charge is 0.497 e. The Morgan fingerprint density at radius 1 is 1.11 bits per heavy atom. The molecular formula is C17H20O2. The molecule has 0 aliphatic heterocycles. The molecule has 0 aromatic heterocycles. The molecule has 0 aliphatic carbocycles. The van der Waals surface area contributed by atoms with Gasteiger partial charge in [-0.2, -0.15) is 0 Å². The number of aryl methyl sites for hydroxylation is 2. The van der Waals surface area contributed by atoms with Gasteiger partial charge in [0.05, 0.1) is 13.2 Å². The number of rotatable bonds is 4. The number of ether oxygens (including phenoxy) is 1. The average Bonchev–Trinajstić information content (AvgIpc) is 2.38. The van der Waals surface area contributed by atoms with E-state index >= 15 is 0 Å². The fourth-order valence-corrected chi connectivity index (χ4v) is 2.32. The molecule has 19 heavy (non-hydrogen) atoms. The molecule has 0 saturated heterocycles. The molecule has 2 aromatic rings. The third kappa shape index (κ3) is 3.36. The summed E-state index contributed by atoms with van der Waals surface area (Å²) in [6.45, 7) is 4.06. The number of methoxy groups -OCH3 is 1. The monoisotopic (exact) mass is 256 g/mol. The minimum absolute atomic E-state index is 0.479. The highest BCUT2D eigenvalue weighted by Gasteiger charge is 2.12. The van der Waals surface area contributed by atoms with Gasteiger partial charge in [0.15, 0.2) is 0 Å². The number of aliphatic hydroxyl groups is 1. The van der Waals surface area contributed by atoms with E-state index in [0.717, 1.165) is 22.4 Å². The number of hydrogen-bond donors (Lipinski definition) is 1. The lowest BCUT2D eigenvalue weighted by molar-refractivity contribution is 0.177. The van der Waals surface area contributed by atoms with Crippen molar-refractivity contribution < 1.29 is 9.84 Å². The topological polar surface area (TPSA) is 29.5 Å². The standard InChI is InChI=1S/C17H20O2/c1-12-5-4-6-14(9-12)11-17(18)16-8-7-15(19-3)10-13(16)2/h4-10,17-18H,11H2,1-3H3. The number of hydrogen-bond acceptors (Lipinski definition) is 2. The molecule has 100 valence electrons. The van der Waals surface area contributed by atoms with Crippen LogP contribution in [0.25, 0.3) is 0 Å². The Bertz CT molecular complexity index is 561. The van der Waals surface area contributed by atoms with Gasteiger partial charge in [-0.1, -0.05) is 35.9 Å². The Morgan fingerprint density at radius 3 is 2.53 bits per heavy atom. The summed E-state index contributed by atoms with van der Waals surface area (Å²) in [6, 6.07) is 14.0. The molecule has 0 bridgehead atoms. The number of benzene rings is 2. The van der Waals surface area contributed by atoms with Crippen LogP contribution in [-0.2, 0) is 6.42 Å². The SMILES string of the molecule is COc1ccc(C(O)Cc2cccc(C)c2)c(C)c1. The van der Waals surface area contributed by atoms with Gasteiger partial charge in [0.1, 0.15) is 5.75 Å². The second-order valence-corrected chi connectivity index (χ2v) is 4.93. The maximum Gasteiger partial charge on any atom is 0.119 e. The normalized spacial score (nSPS) is 12.2. The van der Waals surface area contributed by atoms with Gasteiger partial charge in [0.25, 0.3) is 0 Å². The van der Waals surface area contributed by atoms with Crippen LogP contribution in [0.2, 0.25) is 0 Å². The zero-order chi connectivity index (χ0) is 13.8. The summed E-state index contributed by atoms with van der Waals surface area (Å²) in [6.07, 6.45) is 0.155. The van der Waals surface area contributed by atoms with E-state index < -0.39 is 6.10 Å². The lowest BCUT2D eigenvalue weighted by Gasteiger charge is -2.15. The molecule has 2 heteroatoms. The Kier molecular flexibility index (Phi) is 4.23. The summed E-state index contributed by atoms with van der Waals surface area (Å²) in [4.78, 5) is 0. The molecule has 0 fully saturated rings. The average molecular weight is 256 g/mol. The molecule has 0 radical (unpaired) electrons. The van der Waals surface area contributed by atoms with E-state index in [1.807, 2.05) is 31.2 Å². The van der Waals surface area contributed by atoms with Crippen molar-refractivity contribution in [2.24, 2.45) is 0 Å². The lowest BCUT2D eigenvalue weighted by Crippen LogP contribution is -2.04. The first kappa shape index (κ1) is 13.6. The Labute approximate surface area is 114 Å². The van der Waals surface area contributed by atoms with E-state index in [1.54, 1.807) is 7.11 Å². The van der Waals surface area contributed by atoms with E-state index in [9.17, 15) is 5.11 Å². The van der Waals surface area contributed by atoms with Crippen LogP contribution in [0.4, 0.5) is 0 Å². The van der Waals surface area contributed by atoms with Gasteiger partial charge in [-0.05, 0) is 42.7 Å². The summed E-state index contributed by atoms with van der Waals surface area (Å²) in [5.74, 6) is 0.823. The molecule has 0 spiro atoms. The fourth-order valence-electron chi connectivity index (χ4n) is 2.32. The van der Waals surface area contributed by atoms with Crippen LogP contribution >= 0.6 is 0 Å². The molecule has 1 N–H and O–H groups in total. The second-order valence-electron chi connectivity index (χ2n) is 4.93. The maximum atomic E-state index is 10.4. The van der Waals surface area contributed by atoms with Crippen LogP contribution in [0.3, 0.4) is 0 Å². The van der Waals surface area contributed by atoms with Gasteiger partial charge in [0.2, 0.25) is 0 Å². The summed E-state index contributed by atoms with van der Waals surface area (Å²) < 4.78 is 5.18. The van der Waals surface area contributed by atoms with E-state index in [4.69, 9.17) is 4.74 Å². The maximum absolute atomic E-state index is 10.4. The molecule has 0 saturated carbocycles. The summed E-state index contributed by atoms with van der Waals surface area (Å²) in [5.41, 5.74) is 4.39. The Morgan fingerprint density at radius 2 is 1.89 bits per heavy atom. The summed E-state index contributed by atoms with van der Waals surface area (Å²) in [7, 11) is 1.65. The van der Waals surface area contributed by atoms with E-state index in [2.05, 4.69) is 25.1 Å². The van der Waals surface area contributed by atoms with Crippen LogP contribution in [0.1, 0.15) is 28.4 Å². The van der Waals surface area contributed by atoms with Crippen molar-refractivity contribution >= 4 is 0 Å². The van der Waals surface area contributed by atoms with Crippen molar-refractivity contribution in [3.8, 4) is 5.75 Å². The Hall–Kier alpha value is -1.80. The highest BCUT2D eigenvalue weighted by Crippen LogP contribution is 2.25. The van der Waals surface area contributed by atoms with Gasteiger partial charge in [0, 0.05) is 6.42 Å². The molecule has 2 rings (SSSR count). The van der Waals surface area contributed by atoms with Gasteiger partial charge in [-0.25, -0.2) is 0 Å². The molecule has 0 heterocycles. The van der Waals surface area contributed by atoms with E-state index in [0.29, 0.717) is 6.42 Å². The van der Waals surface area contributed by atoms with Crippen LogP contribution < -0.4 is 4.74 Å². The van der Waals surface area contributed by atoms with Crippen LogP contribution in [0, 0.1) is 13.8 Å². The predicted molar refractivity (Wildman–Crippen MR) is 77.6 cm³/mol. The first-order valence-electron chi connectivity index (χ1n) is 6.48. The molecule has 1 atom stereocenters. The van der Waals surface area contributed by atoms with Gasteiger partial charge in [-0.15, -0.1) is 0 Å². The molecule has 1 unspecified atom stereocenters. The van der Waals surface area contributed by atoms with Crippen molar-refractivity contribution in [2.75, 3.05) is 7.11 Å². The lowest BCUT2D eigenvalue weighted by atomic mass is 9.97. The van der Waals surface area contributed by atoms with Crippen molar-refractivity contribution in [2.45, 2.75) is 26.4 Å². The fraction of sp³-hybridized carbons (Fsp3) is 0.294. The van der Waals surface area contributed by atoms with Crippen LogP contribution in [0.5, 0.6) is 5.75 Å². The van der Waals surface area contributed by atoms with Crippen molar-refractivity contribution in [3.05, 3.63) is 64.7 Å².